The number of hydrogen-bond acceptors (Lipinski definition) is 6. The highest BCUT2D eigenvalue weighted by atomic mass is 32.2. The van der Waals surface area contributed by atoms with Crippen LogP contribution >= 0.6 is 0 Å². The molecule has 1 aliphatic heterocycles. The van der Waals surface area contributed by atoms with Gasteiger partial charge in [0, 0.05) is 0 Å². The zero-order chi connectivity index (χ0) is 21.6. The fourth-order valence-corrected chi connectivity index (χ4v) is 5.21. The number of nitrogens with one attached hydrogen (secondary N) is 1. The number of primary sulfonamides is 1. The molecule has 2 aromatic carbocycles. The predicted molar refractivity (Wildman–Crippen MR) is 109 cm³/mol. The van der Waals surface area contributed by atoms with Crippen LogP contribution in [0.3, 0.4) is 0 Å². The summed E-state index contributed by atoms with van der Waals surface area (Å²) in [4.78, 5) is 0. The maximum absolute atomic E-state index is 12.0. The van der Waals surface area contributed by atoms with E-state index >= 15 is 0 Å². The molecule has 0 atom stereocenters. The van der Waals surface area contributed by atoms with Gasteiger partial charge in [-0.15, -0.1) is 0 Å². The van der Waals surface area contributed by atoms with Gasteiger partial charge in [-0.3, -0.25) is 0 Å². The summed E-state index contributed by atoms with van der Waals surface area (Å²) in [5.74, 6) is -1.17. The van der Waals surface area contributed by atoms with Gasteiger partial charge in [-0.05, 0) is 54.7 Å². The van der Waals surface area contributed by atoms with Gasteiger partial charge in [-0.25, -0.2) is 22.6 Å². The van der Waals surface area contributed by atoms with Crippen molar-refractivity contribution in [1.29, 1.82) is 0 Å². The standard InChI is InChI=1S/C18H21N3O6S2/c1-11-5-12(2)15(10-28(19,24)25)14(6-11)7-13-3-4-16(17(22)8-13)21-9-18(23)20-29(21,26)27/h3-6,8-9,20,22-23H,7,10H2,1-2H3,(H2,19,24,25). The Kier molecular flexibility index (Phi) is 5.24. The molecule has 0 spiro atoms. The maximum atomic E-state index is 12.0. The molecule has 5 N–H and O–H groups in total. The molecule has 1 aliphatic rings. The largest absolute Gasteiger partial charge is 0.506 e. The number of phenolic OH excluding ortho intramolecular Hbond substituents is 1. The van der Waals surface area contributed by atoms with Crippen LogP contribution in [0.1, 0.15) is 27.8 Å². The van der Waals surface area contributed by atoms with Crippen molar-refractivity contribution in [3.63, 3.8) is 0 Å². The van der Waals surface area contributed by atoms with Crippen LogP contribution in [0.2, 0.25) is 0 Å². The first-order valence-electron chi connectivity index (χ1n) is 8.50. The second kappa shape index (κ2) is 7.25. The van der Waals surface area contributed by atoms with E-state index in [2.05, 4.69) is 0 Å². The van der Waals surface area contributed by atoms with Crippen molar-refractivity contribution in [2.45, 2.75) is 26.0 Å². The SMILES string of the molecule is Cc1cc(C)c(CS(N)(=O)=O)c(Cc2ccc(N3C=C(O)NS3(=O)=O)c(O)c2)c1. The van der Waals surface area contributed by atoms with E-state index in [0.29, 0.717) is 17.5 Å². The van der Waals surface area contributed by atoms with Crippen molar-refractivity contribution in [3.05, 3.63) is 70.2 Å². The second-order valence-electron chi connectivity index (χ2n) is 6.94. The van der Waals surface area contributed by atoms with Gasteiger partial charge in [0.05, 0.1) is 12.0 Å². The van der Waals surface area contributed by atoms with Crippen LogP contribution in [0.15, 0.2) is 42.4 Å². The minimum Gasteiger partial charge on any atom is -0.506 e. The molecule has 9 nitrogen and oxygen atoms in total. The molecule has 29 heavy (non-hydrogen) atoms. The molecule has 0 aromatic heterocycles. The molecule has 0 unspecified atom stereocenters. The lowest BCUT2D eigenvalue weighted by molar-refractivity contribution is 0.392. The highest BCUT2D eigenvalue weighted by Gasteiger charge is 2.30. The number of hydrogen-bond donors (Lipinski definition) is 4. The molecule has 0 aliphatic carbocycles. The van der Waals surface area contributed by atoms with E-state index in [1.165, 1.54) is 12.1 Å². The van der Waals surface area contributed by atoms with Crippen molar-refractivity contribution < 1.29 is 27.0 Å². The number of sulfonamides is 1. The van der Waals surface area contributed by atoms with E-state index < -0.39 is 26.1 Å². The van der Waals surface area contributed by atoms with Gasteiger partial charge < -0.3 is 10.2 Å². The Bertz CT molecular complexity index is 1220. The lowest BCUT2D eigenvalue weighted by Crippen LogP contribution is -2.29. The first-order chi connectivity index (χ1) is 13.4. The van der Waals surface area contributed by atoms with Crippen molar-refractivity contribution in [2.75, 3.05) is 4.31 Å². The number of rotatable bonds is 5. The highest BCUT2D eigenvalue weighted by Crippen LogP contribution is 2.33. The van der Waals surface area contributed by atoms with Gasteiger partial charge in [0.2, 0.25) is 15.9 Å². The molecular formula is C18H21N3O6S2. The first kappa shape index (κ1) is 21.0. The summed E-state index contributed by atoms with van der Waals surface area (Å²) in [6, 6.07) is 8.14. The molecule has 1 heterocycles. The smallest absolute Gasteiger partial charge is 0.330 e. The van der Waals surface area contributed by atoms with Crippen LogP contribution in [0, 0.1) is 13.8 Å². The lowest BCUT2D eigenvalue weighted by Gasteiger charge is -2.17. The Labute approximate surface area is 169 Å². The van der Waals surface area contributed by atoms with Gasteiger partial charge in [0.25, 0.3) is 0 Å². The Balaban J connectivity index is 1.98. The third kappa shape index (κ3) is 4.63. The maximum Gasteiger partial charge on any atom is 0.330 e. The molecule has 0 amide bonds. The number of nitrogens with zero attached hydrogens (tertiary/aromatic N) is 1. The van der Waals surface area contributed by atoms with Crippen LogP contribution in [0.4, 0.5) is 5.69 Å². The summed E-state index contributed by atoms with van der Waals surface area (Å²) in [5.41, 5.74) is 3.70. The summed E-state index contributed by atoms with van der Waals surface area (Å²) in [5, 5.41) is 25.0. The van der Waals surface area contributed by atoms with Crippen molar-refractivity contribution in [3.8, 4) is 5.75 Å². The number of phenols is 1. The van der Waals surface area contributed by atoms with Crippen LogP contribution < -0.4 is 14.2 Å². The number of anilines is 1. The summed E-state index contributed by atoms with van der Waals surface area (Å²) in [7, 11) is -7.75. The monoisotopic (exact) mass is 439 g/mol. The van der Waals surface area contributed by atoms with Gasteiger partial charge in [0.15, 0.2) is 0 Å². The lowest BCUT2D eigenvalue weighted by atomic mass is 9.95. The average molecular weight is 440 g/mol. The fourth-order valence-electron chi connectivity index (χ4n) is 3.32. The third-order valence-electron chi connectivity index (χ3n) is 4.46. The van der Waals surface area contributed by atoms with Crippen molar-refractivity contribution >= 4 is 25.9 Å². The number of benzene rings is 2. The minimum atomic E-state index is -4.02. The molecule has 156 valence electrons. The van der Waals surface area contributed by atoms with E-state index in [-0.39, 0.29) is 17.2 Å². The van der Waals surface area contributed by atoms with Gasteiger partial charge in [-0.1, -0.05) is 23.8 Å². The van der Waals surface area contributed by atoms with E-state index in [4.69, 9.17) is 5.14 Å². The number of aryl methyl sites for hydroxylation is 2. The molecule has 0 fully saturated rings. The zero-order valence-corrected chi connectivity index (χ0v) is 17.4. The van der Waals surface area contributed by atoms with Crippen molar-refractivity contribution in [2.24, 2.45) is 5.14 Å². The quantitative estimate of drug-likeness (QED) is 0.553. The summed E-state index contributed by atoms with van der Waals surface area (Å²) in [6.45, 7) is 3.70. The Morgan fingerprint density at radius 2 is 1.83 bits per heavy atom. The van der Waals surface area contributed by atoms with Crippen molar-refractivity contribution in [1.82, 2.24) is 4.72 Å². The molecule has 11 heteroatoms. The predicted octanol–water partition coefficient (Wildman–Crippen LogP) is 1.40. The van der Waals surface area contributed by atoms with Gasteiger partial charge in [0.1, 0.15) is 11.4 Å². The average Bonchev–Trinajstić information content (AvgIpc) is 2.82. The Morgan fingerprint density at radius 3 is 2.38 bits per heavy atom. The number of aliphatic hydroxyl groups excluding tert-OH is 1. The summed E-state index contributed by atoms with van der Waals surface area (Å²) < 4.78 is 49.8. The molecule has 2 aromatic rings. The van der Waals surface area contributed by atoms with E-state index in [1.54, 1.807) is 6.07 Å². The fraction of sp³-hybridized carbons (Fsp3) is 0.222. The molecule has 0 saturated heterocycles. The van der Waals surface area contributed by atoms with Crippen LogP contribution in [0.25, 0.3) is 0 Å². The number of aliphatic hydroxyl groups is 1. The summed E-state index contributed by atoms with van der Waals surface area (Å²) in [6.07, 6.45) is 1.26. The second-order valence-corrected chi connectivity index (χ2v) is 10.1. The number of aromatic hydroxyl groups is 1. The highest BCUT2D eigenvalue weighted by molar-refractivity contribution is 7.91. The van der Waals surface area contributed by atoms with E-state index in [0.717, 1.165) is 27.2 Å². The normalized spacial score (nSPS) is 15.8. The van der Waals surface area contributed by atoms with Crippen LogP contribution in [-0.2, 0) is 32.4 Å². The van der Waals surface area contributed by atoms with E-state index in [1.807, 2.05) is 30.7 Å². The third-order valence-corrected chi connectivity index (χ3v) is 6.44. The molecule has 0 saturated carbocycles. The summed E-state index contributed by atoms with van der Waals surface area (Å²) >= 11 is 0. The number of nitrogens with two attached hydrogens (primary N) is 1. The zero-order valence-electron chi connectivity index (χ0n) is 15.7. The topological polar surface area (TPSA) is 150 Å². The molecular weight excluding hydrogens is 418 g/mol. The van der Waals surface area contributed by atoms with E-state index in [9.17, 15) is 27.0 Å². The Morgan fingerprint density at radius 1 is 1.14 bits per heavy atom. The molecule has 3 rings (SSSR count). The van der Waals surface area contributed by atoms with Crippen LogP contribution in [-0.4, -0.2) is 27.0 Å². The van der Waals surface area contributed by atoms with Crippen LogP contribution in [0.5, 0.6) is 5.75 Å². The molecule has 0 radical (unpaired) electrons. The van der Waals surface area contributed by atoms with Gasteiger partial charge in [-0.2, -0.15) is 8.42 Å². The minimum absolute atomic E-state index is 0.0320. The van der Waals surface area contributed by atoms with Gasteiger partial charge >= 0.3 is 10.2 Å². The molecule has 0 bridgehead atoms. The Hall–Kier alpha value is -2.76. The first-order valence-corrected chi connectivity index (χ1v) is 11.7.